The lowest BCUT2D eigenvalue weighted by atomic mass is 10.1. The molecule has 136 valence electrons. The standard InChI is InChI=1S/C22H32O2Si/c1-19(18-23)12-11-17-24-25(22(2,3)4,20-13-7-5-8-14-20)21-15-9-6-10-16-21/h5-10,13-16,19,23H,11-12,17-18H2,1-4H3. The van der Waals surface area contributed by atoms with E-state index in [9.17, 15) is 5.11 Å². The van der Waals surface area contributed by atoms with E-state index in [1.54, 1.807) is 0 Å². The van der Waals surface area contributed by atoms with Crippen molar-refractivity contribution in [3.63, 3.8) is 0 Å². The molecule has 2 aromatic rings. The maximum absolute atomic E-state index is 9.25. The molecule has 2 aromatic carbocycles. The SMILES string of the molecule is CC(CO)CCCO[Si](c1ccccc1)(c1ccccc1)C(C)(C)C. The molecule has 1 atom stereocenters. The van der Waals surface area contributed by atoms with Gasteiger partial charge in [-0.3, -0.25) is 0 Å². The van der Waals surface area contributed by atoms with Gasteiger partial charge in [-0.1, -0.05) is 88.4 Å². The maximum Gasteiger partial charge on any atom is 0.261 e. The minimum atomic E-state index is -2.39. The third-order valence-electron chi connectivity index (χ3n) is 4.89. The molecule has 0 saturated carbocycles. The van der Waals surface area contributed by atoms with E-state index in [0.717, 1.165) is 19.4 Å². The second kappa shape index (κ2) is 8.79. The van der Waals surface area contributed by atoms with Crippen LogP contribution in [-0.4, -0.2) is 26.6 Å². The van der Waals surface area contributed by atoms with Gasteiger partial charge >= 0.3 is 0 Å². The summed E-state index contributed by atoms with van der Waals surface area (Å²) in [6.45, 7) is 9.97. The zero-order valence-corrected chi connectivity index (χ0v) is 17.0. The lowest BCUT2D eigenvalue weighted by Crippen LogP contribution is -2.66. The Labute approximate surface area is 154 Å². The van der Waals surface area contributed by atoms with Gasteiger partial charge < -0.3 is 9.53 Å². The Morgan fingerprint density at radius 3 is 1.80 bits per heavy atom. The summed E-state index contributed by atoms with van der Waals surface area (Å²) < 4.78 is 6.82. The van der Waals surface area contributed by atoms with Crippen molar-refractivity contribution in [1.82, 2.24) is 0 Å². The second-order valence-electron chi connectivity index (χ2n) is 7.94. The Kier molecular flexibility index (Phi) is 7.00. The smallest absolute Gasteiger partial charge is 0.261 e. The van der Waals surface area contributed by atoms with E-state index in [1.165, 1.54) is 10.4 Å². The van der Waals surface area contributed by atoms with Crippen molar-refractivity contribution in [3.8, 4) is 0 Å². The lowest BCUT2D eigenvalue weighted by Gasteiger charge is -2.43. The van der Waals surface area contributed by atoms with Crippen molar-refractivity contribution in [3.05, 3.63) is 60.7 Å². The van der Waals surface area contributed by atoms with Crippen LogP contribution >= 0.6 is 0 Å². The third-order valence-corrected chi connectivity index (χ3v) is 9.93. The highest BCUT2D eigenvalue weighted by Crippen LogP contribution is 2.36. The van der Waals surface area contributed by atoms with Crippen molar-refractivity contribution in [1.29, 1.82) is 0 Å². The molecule has 0 aliphatic carbocycles. The number of hydrogen-bond acceptors (Lipinski definition) is 2. The zero-order chi connectivity index (χ0) is 18.3. The van der Waals surface area contributed by atoms with Crippen LogP contribution < -0.4 is 10.4 Å². The van der Waals surface area contributed by atoms with E-state index in [2.05, 4.69) is 88.4 Å². The van der Waals surface area contributed by atoms with Gasteiger partial charge in [-0.2, -0.15) is 0 Å². The average molecular weight is 357 g/mol. The maximum atomic E-state index is 9.25. The minimum Gasteiger partial charge on any atom is -0.407 e. The zero-order valence-electron chi connectivity index (χ0n) is 16.0. The fourth-order valence-corrected chi connectivity index (χ4v) is 8.12. The van der Waals surface area contributed by atoms with Gasteiger partial charge in [0.1, 0.15) is 0 Å². The van der Waals surface area contributed by atoms with Gasteiger partial charge in [0.05, 0.1) is 0 Å². The van der Waals surface area contributed by atoms with Gasteiger partial charge in [0.15, 0.2) is 0 Å². The molecule has 1 unspecified atom stereocenters. The van der Waals surface area contributed by atoms with Crippen LogP contribution in [0.4, 0.5) is 0 Å². The Hall–Kier alpha value is -1.42. The molecule has 0 radical (unpaired) electrons. The van der Waals surface area contributed by atoms with Crippen molar-refractivity contribution in [2.45, 2.75) is 45.6 Å². The molecule has 0 saturated heterocycles. The highest BCUT2D eigenvalue weighted by atomic mass is 28.4. The van der Waals surface area contributed by atoms with Crippen LogP contribution in [0.1, 0.15) is 40.5 Å². The van der Waals surface area contributed by atoms with E-state index in [0.29, 0.717) is 5.92 Å². The highest BCUT2D eigenvalue weighted by Gasteiger charge is 2.49. The summed E-state index contributed by atoms with van der Waals surface area (Å²) in [6, 6.07) is 21.5. The molecule has 0 amide bonds. The Morgan fingerprint density at radius 1 is 0.920 bits per heavy atom. The highest BCUT2D eigenvalue weighted by molar-refractivity contribution is 6.99. The Balaban J connectivity index is 2.39. The van der Waals surface area contributed by atoms with Crippen LogP contribution in [0.15, 0.2) is 60.7 Å². The summed E-state index contributed by atoms with van der Waals surface area (Å²) >= 11 is 0. The minimum absolute atomic E-state index is 0.0261. The summed E-state index contributed by atoms with van der Waals surface area (Å²) in [5.41, 5.74) is 0. The first-order valence-corrected chi connectivity index (χ1v) is 11.2. The molecule has 2 nitrogen and oxygen atoms in total. The summed E-state index contributed by atoms with van der Waals surface area (Å²) in [5.74, 6) is 0.336. The number of benzene rings is 2. The van der Waals surface area contributed by atoms with Crippen LogP contribution in [0.3, 0.4) is 0 Å². The van der Waals surface area contributed by atoms with E-state index in [1.807, 2.05) is 0 Å². The topological polar surface area (TPSA) is 29.5 Å². The normalized spacial score (nSPS) is 13.6. The van der Waals surface area contributed by atoms with E-state index < -0.39 is 8.32 Å². The lowest BCUT2D eigenvalue weighted by molar-refractivity contribution is 0.214. The molecule has 0 aliphatic rings. The van der Waals surface area contributed by atoms with E-state index >= 15 is 0 Å². The van der Waals surface area contributed by atoms with Gasteiger partial charge in [-0.15, -0.1) is 0 Å². The predicted octanol–water partition coefficient (Wildman–Crippen LogP) is 3.97. The monoisotopic (exact) mass is 356 g/mol. The van der Waals surface area contributed by atoms with Crippen LogP contribution in [0.2, 0.25) is 5.04 Å². The first-order valence-electron chi connectivity index (χ1n) is 9.27. The fraction of sp³-hybridized carbons (Fsp3) is 0.455. The van der Waals surface area contributed by atoms with Gasteiger partial charge in [0.2, 0.25) is 0 Å². The summed E-state index contributed by atoms with van der Waals surface area (Å²) in [5, 5.41) is 11.9. The molecule has 2 rings (SSSR count). The van der Waals surface area contributed by atoms with Crippen LogP contribution in [0.5, 0.6) is 0 Å². The van der Waals surface area contributed by atoms with Gasteiger partial charge in [0.25, 0.3) is 8.32 Å². The Bertz CT molecular complexity index is 580. The van der Waals surface area contributed by atoms with Gasteiger partial charge in [-0.25, -0.2) is 0 Å². The quantitative estimate of drug-likeness (QED) is 0.573. The first kappa shape index (κ1) is 19.9. The number of hydrogen-bond donors (Lipinski definition) is 1. The fourth-order valence-electron chi connectivity index (χ4n) is 3.51. The average Bonchev–Trinajstić information content (AvgIpc) is 2.62. The molecule has 0 aliphatic heterocycles. The van der Waals surface area contributed by atoms with Gasteiger partial charge in [0, 0.05) is 13.2 Å². The van der Waals surface area contributed by atoms with Crippen LogP contribution in [-0.2, 0) is 4.43 Å². The summed E-state index contributed by atoms with van der Waals surface area (Å²) in [6.07, 6.45) is 1.97. The number of aliphatic hydroxyl groups is 1. The summed E-state index contributed by atoms with van der Waals surface area (Å²) in [4.78, 5) is 0. The molecule has 0 bridgehead atoms. The third kappa shape index (κ3) is 4.60. The Morgan fingerprint density at radius 2 is 1.40 bits per heavy atom. The molecule has 1 N–H and O–H groups in total. The second-order valence-corrected chi connectivity index (χ2v) is 12.2. The predicted molar refractivity (Wildman–Crippen MR) is 109 cm³/mol. The van der Waals surface area contributed by atoms with E-state index in [-0.39, 0.29) is 11.6 Å². The molecule has 0 heterocycles. The molecule has 0 fully saturated rings. The molecule has 0 spiro atoms. The molecule has 0 aromatic heterocycles. The molecule has 25 heavy (non-hydrogen) atoms. The number of aliphatic hydroxyl groups excluding tert-OH is 1. The molecular formula is C22H32O2Si. The van der Waals surface area contributed by atoms with Crippen LogP contribution in [0, 0.1) is 5.92 Å². The largest absolute Gasteiger partial charge is 0.407 e. The van der Waals surface area contributed by atoms with Crippen molar-refractivity contribution in [2.24, 2.45) is 5.92 Å². The molecular weight excluding hydrogens is 324 g/mol. The van der Waals surface area contributed by atoms with Crippen molar-refractivity contribution in [2.75, 3.05) is 13.2 Å². The van der Waals surface area contributed by atoms with Crippen molar-refractivity contribution < 1.29 is 9.53 Å². The number of rotatable bonds is 8. The van der Waals surface area contributed by atoms with Crippen molar-refractivity contribution >= 4 is 18.7 Å². The van der Waals surface area contributed by atoms with Crippen LogP contribution in [0.25, 0.3) is 0 Å². The summed E-state index contributed by atoms with van der Waals surface area (Å²) in [7, 11) is -2.39. The molecule has 3 heteroatoms. The van der Waals surface area contributed by atoms with Gasteiger partial charge in [-0.05, 0) is 34.2 Å². The first-order chi connectivity index (χ1) is 11.9. The van der Waals surface area contributed by atoms with E-state index in [4.69, 9.17) is 4.43 Å².